The van der Waals surface area contributed by atoms with Gasteiger partial charge in [0.15, 0.2) is 0 Å². The highest BCUT2D eigenvalue weighted by atomic mass is 16.3. The molecule has 0 aromatic rings. The molecule has 0 spiro atoms. The molecule has 2 nitrogen and oxygen atoms in total. The van der Waals surface area contributed by atoms with Crippen LogP contribution in [-0.2, 0) is 0 Å². The third-order valence-electron chi connectivity index (χ3n) is 10.3. The fraction of sp³-hybridized carbons (Fsp3) is 0.926. The van der Waals surface area contributed by atoms with Crippen molar-refractivity contribution in [2.75, 3.05) is 0 Å². The standard InChI is InChI=1S/C27H46O2/c1-17(2)7-6-8-18(3)21-9-10-22-25-23(12-14-27(21,22)5)26(4)13-11-20(28)15-19(26)16-24(25)29/h16-18,20-25,28-29H,6-15H2,1-5H3/t18?,20?,21?,22?,23?,24?,25?,26-,27+/m0/s1. The summed E-state index contributed by atoms with van der Waals surface area (Å²) in [5.74, 6) is 4.18. The Kier molecular flexibility index (Phi) is 6.01. The van der Waals surface area contributed by atoms with Gasteiger partial charge in [-0.25, -0.2) is 0 Å². The van der Waals surface area contributed by atoms with E-state index in [-0.39, 0.29) is 17.6 Å². The van der Waals surface area contributed by atoms with E-state index in [4.69, 9.17) is 0 Å². The van der Waals surface area contributed by atoms with Crippen LogP contribution in [0.1, 0.15) is 98.8 Å². The molecule has 0 aromatic carbocycles. The Labute approximate surface area is 179 Å². The summed E-state index contributed by atoms with van der Waals surface area (Å²) in [6, 6.07) is 0. The molecule has 29 heavy (non-hydrogen) atoms. The first-order chi connectivity index (χ1) is 13.7. The lowest BCUT2D eigenvalue weighted by Gasteiger charge is -2.59. The van der Waals surface area contributed by atoms with Gasteiger partial charge in [-0.05, 0) is 91.3 Å². The molecule has 0 radical (unpaired) electrons. The van der Waals surface area contributed by atoms with Crippen LogP contribution in [0.15, 0.2) is 11.6 Å². The predicted octanol–water partition coefficient (Wildman–Crippen LogP) is 6.36. The van der Waals surface area contributed by atoms with Crippen LogP contribution >= 0.6 is 0 Å². The smallest absolute Gasteiger partial charge is 0.0757 e. The van der Waals surface area contributed by atoms with Crippen molar-refractivity contribution in [1.29, 1.82) is 0 Å². The molecule has 166 valence electrons. The molecule has 2 heteroatoms. The minimum absolute atomic E-state index is 0.200. The zero-order valence-electron chi connectivity index (χ0n) is 19.7. The van der Waals surface area contributed by atoms with Crippen LogP contribution in [0.3, 0.4) is 0 Å². The van der Waals surface area contributed by atoms with Gasteiger partial charge in [0.1, 0.15) is 0 Å². The Morgan fingerprint density at radius 3 is 2.45 bits per heavy atom. The van der Waals surface area contributed by atoms with Crippen molar-refractivity contribution >= 4 is 0 Å². The minimum atomic E-state index is -0.298. The maximum absolute atomic E-state index is 11.3. The number of hydrogen-bond acceptors (Lipinski definition) is 2. The molecule has 9 atom stereocenters. The van der Waals surface area contributed by atoms with E-state index in [0.29, 0.717) is 23.2 Å². The maximum atomic E-state index is 11.3. The van der Waals surface area contributed by atoms with Gasteiger partial charge in [-0.1, -0.05) is 65.5 Å². The number of aliphatic hydroxyl groups excluding tert-OH is 2. The lowest BCUT2D eigenvalue weighted by atomic mass is 9.46. The first-order valence-electron chi connectivity index (χ1n) is 12.7. The molecule has 0 bridgehead atoms. The van der Waals surface area contributed by atoms with Gasteiger partial charge in [-0.3, -0.25) is 0 Å². The van der Waals surface area contributed by atoms with Crippen molar-refractivity contribution in [1.82, 2.24) is 0 Å². The van der Waals surface area contributed by atoms with E-state index in [9.17, 15) is 10.2 Å². The van der Waals surface area contributed by atoms with Crippen LogP contribution in [0.2, 0.25) is 0 Å². The second-order valence-corrected chi connectivity index (χ2v) is 12.3. The molecular formula is C27H46O2. The molecular weight excluding hydrogens is 356 g/mol. The number of rotatable bonds is 5. The molecule has 0 amide bonds. The molecule has 0 aliphatic heterocycles. The third kappa shape index (κ3) is 3.65. The Morgan fingerprint density at radius 2 is 1.72 bits per heavy atom. The van der Waals surface area contributed by atoms with Gasteiger partial charge in [-0.2, -0.15) is 0 Å². The highest BCUT2D eigenvalue weighted by Gasteiger charge is 2.61. The quantitative estimate of drug-likeness (QED) is 0.525. The Hall–Kier alpha value is -0.340. The fourth-order valence-corrected chi connectivity index (χ4v) is 8.65. The van der Waals surface area contributed by atoms with E-state index in [1.54, 1.807) is 0 Å². The van der Waals surface area contributed by atoms with Gasteiger partial charge in [0.05, 0.1) is 12.2 Å². The SMILES string of the molecule is CC(C)CCCC(C)C1CCC2C3C(O)C=C4CC(O)CC[C@]4(C)C3CC[C@]12C. The van der Waals surface area contributed by atoms with Gasteiger partial charge in [-0.15, -0.1) is 0 Å². The van der Waals surface area contributed by atoms with Gasteiger partial charge in [0.2, 0.25) is 0 Å². The summed E-state index contributed by atoms with van der Waals surface area (Å²) in [6.45, 7) is 12.2. The highest BCUT2D eigenvalue weighted by molar-refractivity contribution is 5.27. The van der Waals surface area contributed by atoms with E-state index in [1.807, 2.05) is 0 Å². The lowest BCUT2D eigenvalue weighted by Crippen LogP contribution is -2.54. The first kappa shape index (κ1) is 21.9. The predicted molar refractivity (Wildman–Crippen MR) is 120 cm³/mol. The van der Waals surface area contributed by atoms with Crippen LogP contribution in [0.25, 0.3) is 0 Å². The average Bonchev–Trinajstić information content (AvgIpc) is 3.00. The van der Waals surface area contributed by atoms with E-state index in [2.05, 4.69) is 40.7 Å². The summed E-state index contributed by atoms with van der Waals surface area (Å²) in [7, 11) is 0. The van der Waals surface area contributed by atoms with E-state index in [1.165, 1.54) is 50.5 Å². The van der Waals surface area contributed by atoms with Crippen molar-refractivity contribution in [2.24, 2.45) is 46.3 Å². The Balaban J connectivity index is 1.54. The number of fused-ring (bicyclic) bond motifs is 5. The molecule has 0 aromatic heterocycles. The highest BCUT2D eigenvalue weighted by Crippen LogP contribution is 2.67. The average molecular weight is 403 g/mol. The van der Waals surface area contributed by atoms with Crippen LogP contribution in [0, 0.1) is 46.3 Å². The van der Waals surface area contributed by atoms with Crippen LogP contribution in [-0.4, -0.2) is 22.4 Å². The summed E-state index contributed by atoms with van der Waals surface area (Å²) < 4.78 is 0. The Morgan fingerprint density at radius 1 is 0.966 bits per heavy atom. The van der Waals surface area contributed by atoms with Crippen molar-refractivity contribution < 1.29 is 10.2 Å². The van der Waals surface area contributed by atoms with Crippen LogP contribution in [0.5, 0.6) is 0 Å². The molecule has 4 aliphatic carbocycles. The second-order valence-electron chi connectivity index (χ2n) is 12.3. The normalized spacial score (nSPS) is 47.9. The van der Waals surface area contributed by atoms with Crippen LogP contribution < -0.4 is 0 Å². The van der Waals surface area contributed by atoms with Crippen molar-refractivity contribution in [3.8, 4) is 0 Å². The molecule has 0 saturated heterocycles. The summed E-state index contributed by atoms with van der Waals surface area (Å²) in [5.41, 5.74) is 1.99. The summed E-state index contributed by atoms with van der Waals surface area (Å²) in [6.07, 6.45) is 13.9. The van der Waals surface area contributed by atoms with Gasteiger partial charge < -0.3 is 10.2 Å². The number of aliphatic hydroxyl groups is 2. The first-order valence-corrected chi connectivity index (χ1v) is 12.7. The lowest BCUT2D eigenvalue weighted by molar-refractivity contribution is -0.0970. The second kappa shape index (κ2) is 7.97. The summed E-state index contributed by atoms with van der Waals surface area (Å²) in [5, 5.41) is 21.5. The molecule has 3 fully saturated rings. The van der Waals surface area contributed by atoms with Crippen molar-refractivity contribution in [3.63, 3.8) is 0 Å². The van der Waals surface area contributed by atoms with E-state index < -0.39 is 0 Å². The molecule has 4 aliphatic rings. The van der Waals surface area contributed by atoms with Gasteiger partial charge in [0, 0.05) is 0 Å². The summed E-state index contributed by atoms with van der Waals surface area (Å²) >= 11 is 0. The zero-order valence-corrected chi connectivity index (χ0v) is 19.7. The largest absolute Gasteiger partial charge is 0.393 e. The molecule has 2 N–H and O–H groups in total. The molecule has 7 unspecified atom stereocenters. The van der Waals surface area contributed by atoms with Crippen molar-refractivity contribution in [2.45, 2.75) is 111 Å². The zero-order chi connectivity index (χ0) is 21.0. The molecule has 3 saturated carbocycles. The summed E-state index contributed by atoms with van der Waals surface area (Å²) in [4.78, 5) is 0. The van der Waals surface area contributed by atoms with Gasteiger partial charge in [0.25, 0.3) is 0 Å². The van der Waals surface area contributed by atoms with Crippen molar-refractivity contribution in [3.05, 3.63) is 11.6 Å². The van der Waals surface area contributed by atoms with Crippen LogP contribution in [0.4, 0.5) is 0 Å². The molecule has 4 rings (SSSR count). The topological polar surface area (TPSA) is 40.5 Å². The fourth-order valence-electron chi connectivity index (χ4n) is 8.65. The number of hydrogen-bond donors (Lipinski definition) is 2. The van der Waals surface area contributed by atoms with E-state index in [0.717, 1.165) is 37.0 Å². The molecule has 0 heterocycles. The Bertz CT molecular complexity index is 624. The van der Waals surface area contributed by atoms with Gasteiger partial charge >= 0.3 is 0 Å². The third-order valence-corrected chi connectivity index (χ3v) is 10.3. The minimum Gasteiger partial charge on any atom is -0.393 e. The monoisotopic (exact) mass is 402 g/mol. The maximum Gasteiger partial charge on any atom is 0.0757 e. The van der Waals surface area contributed by atoms with E-state index >= 15 is 0 Å².